The van der Waals surface area contributed by atoms with Gasteiger partial charge >= 0.3 is 0 Å². The molecule has 3 nitrogen and oxygen atoms in total. The highest BCUT2D eigenvalue weighted by molar-refractivity contribution is 5.30. The van der Waals surface area contributed by atoms with Gasteiger partial charge in [0.05, 0.1) is 5.69 Å². The molecule has 1 aliphatic rings. The summed E-state index contributed by atoms with van der Waals surface area (Å²) < 4.78 is 2.21. The molecule has 2 unspecified atom stereocenters. The SMILES string of the molecule is CCn1cc(C)nc1NC1CCCCC1C. The van der Waals surface area contributed by atoms with Crippen LogP contribution in [0.2, 0.25) is 0 Å². The Hall–Kier alpha value is -0.990. The Bertz CT molecular complexity index is 343. The van der Waals surface area contributed by atoms with E-state index in [4.69, 9.17) is 0 Å². The zero-order chi connectivity index (χ0) is 11.5. The van der Waals surface area contributed by atoms with Crippen molar-refractivity contribution < 1.29 is 0 Å². The van der Waals surface area contributed by atoms with Crippen molar-refractivity contribution in [3.8, 4) is 0 Å². The van der Waals surface area contributed by atoms with Gasteiger partial charge in [-0.25, -0.2) is 4.98 Å². The molecule has 2 atom stereocenters. The maximum atomic E-state index is 4.56. The molecule has 1 aromatic rings. The minimum absolute atomic E-state index is 0.612. The third kappa shape index (κ3) is 2.39. The molecule has 90 valence electrons. The fourth-order valence-corrected chi connectivity index (χ4v) is 2.60. The lowest BCUT2D eigenvalue weighted by Crippen LogP contribution is -2.31. The van der Waals surface area contributed by atoms with Crippen LogP contribution in [0.3, 0.4) is 0 Å². The molecule has 0 spiro atoms. The monoisotopic (exact) mass is 221 g/mol. The predicted octanol–water partition coefficient (Wildman–Crippen LogP) is 3.20. The standard InChI is InChI=1S/C13H23N3/c1-4-16-9-11(3)14-13(16)15-12-8-6-5-7-10(12)2/h9-10,12H,4-8H2,1-3H3,(H,14,15). The predicted molar refractivity (Wildman–Crippen MR) is 67.7 cm³/mol. The average molecular weight is 221 g/mol. The molecule has 3 heteroatoms. The van der Waals surface area contributed by atoms with Gasteiger partial charge in [-0.2, -0.15) is 0 Å². The summed E-state index contributed by atoms with van der Waals surface area (Å²) in [5.74, 6) is 1.83. The molecule has 2 rings (SSSR count). The molecule has 0 amide bonds. The number of rotatable bonds is 3. The van der Waals surface area contributed by atoms with Crippen molar-refractivity contribution in [2.24, 2.45) is 5.92 Å². The van der Waals surface area contributed by atoms with E-state index in [2.05, 4.69) is 41.8 Å². The Morgan fingerprint density at radius 3 is 2.88 bits per heavy atom. The molecule has 1 heterocycles. The zero-order valence-electron chi connectivity index (χ0n) is 10.7. The Labute approximate surface area is 98.3 Å². The van der Waals surface area contributed by atoms with Crippen LogP contribution in [0.1, 0.15) is 45.2 Å². The van der Waals surface area contributed by atoms with E-state index >= 15 is 0 Å². The van der Waals surface area contributed by atoms with Gasteiger partial charge in [0.15, 0.2) is 0 Å². The van der Waals surface area contributed by atoms with Gasteiger partial charge in [0.1, 0.15) is 0 Å². The molecule has 0 saturated heterocycles. The van der Waals surface area contributed by atoms with E-state index < -0.39 is 0 Å². The second-order valence-corrected chi connectivity index (χ2v) is 5.00. The summed E-state index contributed by atoms with van der Waals surface area (Å²) in [6.45, 7) is 7.56. The van der Waals surface area contributed by atoms with Crippen LogP contribution in [0.5, 0.6) is 0 Å². The van der Waals surface area contributed by atoms with Crippen LogP contribution in [-0.4, -0.2) is 15.6 Å². The highest BCUT2D eigenvalue weighted by Crippen LogP contribution is 2.26. The molecule has 1 saturated carbocycles. The Morgan fingerprint density at radius 1 is 1.44 bits per heavy atom. The van der Waals surface area contributed by atoms with E-state index in [0.717, 1.165) is 24.1 Å². The quantitative estimate of drug-likeness (QED) is 0.849. The molecule has 1 aliphatic carbocycles. The van der Waals surface area contributed by atoms with Crippen molar-refractivity contribution in [2.75, 3.05) is 5.32 Å². The van der Waals surface area contributed by atoms with E-state index in [-0.39, 0.29) is 0 Å². The second kappa shape index (κ2) is 4.89. The number of hydrogen-bond acceptors (Lipinski definition) is 2. The topological polar surface area (TPSA) is 29.9 Å². The summed E-state index contributed by atoms with van der Waals surface area (Å²) in [4.78, 5) is 4.56. The smallest absolute Gasteiger partial charge is 0.203 e. The largest absolute Gasteiger partial charge is 0.353 e. The molecule has 0 radical (unpaired) electrons. The third-order valence-electron chi connectivity index (χ3n) is 3.66. The van der Waals surface area contributed by atoms with Gasteiger partial charge in [0.25, 0.3) is 0 Å². The van der Waals surface area contributed by atoms with E-state index in [9.17, 15) is 0 Å². The van der Waals surface area contributed by atoms with Crippen LogP contribution in [0.25, 0.3) is 0 Å². The number of nitrogens with one attached hydrogen (secondary N) is 1. The van der Waals surface area contributed by atoms with Gasteiger partial charge in [-0.1, -0.05) is 19.8 Å². The number of anilines is 1. The lowest BCUT2D eigenvalue weighted by atomic mass is 9.86. The number of imidazole rings is 1. The van der Waals surface area contributed by atoms with E-state index in [1.807, 2.05) is 0 Å². The first kappa shape index (κ1) is 11.5. The van der Waals surface area contributed by atoms with Crippen LogP contribution >= 0.6 is 0 Å². The maximum absolute atomic E-state index is 4.56. The number of aryl methyl sites for hydroxylation is 2. The number of aromatic nitrogens is 2. The lowest BCUT2D eigenvalue weighted by Gasteiger charge is -2.29. The maximum Gasteiger partial charge on any atom is 0.203 e. The molecular weight excluding hydrogens is 198 g/mol. The van der Waals surface area contributed by atoms with Crippen LogP contribution < -0.4 is 5.32 Å². The summed E-state index contributed by atoms with van der Waals surface area (Å²) >= 11 is 0. The molecule has 1 fully saturated rings. The first-order chi connectivity index (χ1) is 7.70. The molecule has 1 N–H and O–H groups in total. The highest BCUT2D eigenvalue weighted by atomic mass is 15.2. The minimum atomic E-state index is 0.612. The molecular formula is C13H23N3. The molecule has 1 aromatic heterocycles. The van der Waals surface area contributed by atoms with Gasteiger partial charge in [-0.3, -0.25) is 0 Å². The fourth-order valence-electron chi connectivity index (χ4n) is 2.60. The zero-order valence-corrected chi connectivity index (χ0v) is 10.7. The van der Waals surface area contributed by atoms with Crippen LogP contribution in [0.15, 0.2) is 6.20 Å². The third-order valence-corrected chi connectivity index (χ3v) is 3.66. The Morgan fingerprint density at radius 2 is 2.19 bits per heavy atom. The van der Waals surface area contributed by atoms with Gasteiger partial charge in [0, 0.05) is 18.8 Å². The summed E-state index contributed by atoms with van der Waals surface area (Å²) in [5, 5.41) is 3.62. The van der Waals surface area contributed by atoms with Crippen LogP contribution in [-0.2, 0) is 6.54 Å². The first-order valence-corrected chi connectivity index (χ1v) is 6.51. The number of nitrogens with zero attached hydrogens (tertiary/aromatic N) is 2. The normalized spacial score (nSPS) is 25.7. The van der Waals surface area contributed by atoms with Crippen molar-refractivity contribution in [3.05, 3.63) is 11.9 Å². The van der Waals surface area contributed by atoms with Crippen LogP contribution in [0.4, 0.5) is 5.95 Å². The molecule has 0 aliphatic heterocycles. The Balaban J connectivity index is 2.06. The van der Waals surface area contributed by atoms with E-state index in [1.165, 1.54) is 25.7 Å². The second-order valence-electron chi connectivity index (χ2n) is 5.00. The van der Waals surface area contributed by atoms with Crippen molar-refractivity contribution in [1.29, 1.82) is 0 Å². The number of hydrogen-bond donors (Lipinski definition) is 1. The van der Waals surface area contributed by atoms with Gasteiger partial charge in [-0.05, 0) is 32.6 Å². The minimum Gasteiger partial charge on any atom is -0.353 e. The molecule has 0 aromatic carbocycles. The van der Waals surface area contributed by atoms with Gasteiger partial charge < -0.3 is 9.88 Å². The van der Waals surface area contributed by atoms with E-state index in [1.54, 1.807) is 0 Å². The highest BCUT2D eigenvalue weighted by Gasteiger charge is 2.22. The summed E-state index contributed by atoms with van der Waals surface area (Å²) in [5.41, 5.74) is 1.10. The van der Waals surface area contributed by atoms with Crippen molar-refractivity contribution in [3.63, 3.8) is 0 Å². The summed E-state index contributed by atoms with van der Waals surface area (Å²) in [6, 6.07) is 0.612. The average Bonchev–Trinajstić information content (AvgIpc) is 2.62. The first-order valence-electron chi connectivity index (χ1n) is 6.51. The van der Waals surface area contributed by atoms with E-state index in [0.29, 0.717) is 6.04 Å². The summed E-state index contributed by atoms with van der Waals surface area (Å²) in [6.07, 6.45) is 7.50. The summed E-state index contributed by atoms with van der Waals surface area (Å²) in [7, 11) is 0. The van der Waals surface area contributed by atoms with Crippen molar-refractivity contribution in [1.82, 2.24) is 9.55 Å². The molecule has 16 heavy (non-hydrogen) atoms. The fraction of sp³-hybridized carbons (Fsp3) is 0.769. The van der Waals surface area contributed by atoms with Gasteiger partial charge in [0.2, 0.25) is 5.95 Å². The Kier molecular flexibility index (Phi) is 3.52. The van der Waals surface area contributed by atoms with Crippen LogP contribution in [0, 0.1) is 12.8 Å². The molecule has 0 bridgehead atoms. The lowest BCUT2D eigenvalue weighted by molar-refractivity contribution is 0.347. The van der Waals surface area contributed by atoms with Crippen molar-refractivity contribution in [2.45, 2.75) is 59.0 Å². The van der Waals surface area contributed by atoms with Gasteiger partial charge in [-0.15, -0.1) is 0 Å². The van der Waals surface area contributed by atoms with Crippen molar-refractivity contribution >= 4 is 5.95 Å².